The molecule has 1 unspecified atom stereocenters. The molecule has 2 rings (SSSR count). The number of aromatic nitrogens is 2. The van der Waals surface area contributed by atoms with Gasteiger partial charge in [0.15, 0.2) is 0 Å². The monoisotopic (exact) mass is 312 g/mol. The van der Waals surface area contributed by atoms with Gasteiger partial charge in [0, 0.05) is 13.1 Å². The molecule has 1 atom stereocenters. The van der Waals surface area contributed by atoms with Crippen LogP contribution in [0.15, 0.2) is 6.07 Å². The zero-order chi connectivity index (χ0) is 14.6. The molecule has 1 aliphatic rings. The van der Waals surface area contributed by atoms with Crippen molar-refractivity contribution < 1.29 is 4.79 Å². The van der Waals surface area contributed by atoms with Gasteiger partial charge in [0.2, 0.25) is 0 Å². The van der Waals surface area contributed by atoms with Crippen molar-refractivity contribution in [3.8, 4) is 0 Å². The lowest BCUT2D eigenvalue weighted by atomic mass is 9.83. The Balaban J connectivity index is 0.00000220. The minimum atomic E-state index is -0.0355. The molecule has 6 heteroatoms. The minimum Gasteiger partial charge on any atom is -0.351 e. The van der Waals surface area contributed by atoms with Crippen molar-refractivity contribution >= 4 is 18.3 Å². The zero-order valence-electron chi connectivity index (χ0n) is 13.0. The summed E-state index contributed by atoms with van der Waals surface area (Å²) >= 11 is 0. The van der Waals surface area contributed by atoms with Crippen LogP contribution in [0.2, 0.25) is 0 Å². The Kier molecular flexibility index (Phi) is 6.55. The Bertz CT molecular complexity index is 487. The van der Waals surface area contributed by atoms with Crippen molar-refractivity contribution in [3.05, 3.63) is 23.0 Å². The van der Waals surface area contributed by atoms with Crippen LogP contribution in [0, 0.1) is 12.3 Å². The van der Waals surface area contributed by atoms with Gasteiger partial charge >= 0.3 is 0 Å². The van der Waals surface area contributed by atoms with Gasteiger partial charge in [-0.2, -0.15) is 10.2 Å². The summed E-state index contributed by atoms with van der Waals surface area (Å²) in [6, 6.07) is 1.82. The molecule has 1 aromatic rings. The number of nitrogens with one attached hydrogen (secondary N) is 2. The first-order valence-electron chi connectivity index (χ1n) is 7.36. The SMILES string of the molecule is CCc1nnc(C)cc1C(=O)NCC1(C)CCCNC1.Cl. The number of amides is 1. The van der Waals surface area contributed by atoms with E-state index in [2.05, 4.69) is 27.8 Å². The van der Waals surface area contributed by atoms with Crippen molar-refractivity contribution in [2.45, 2.75) is 40.0 Å². The first-order valence-corrected chi connectivity index (χ1v) is 7.36. The highest BCUT2D eigenvalue weighted by atomic mass is 35.5. The largest absolute Gasteiger partial charge is 0.351 e. The van der Waals surface area contributed by atoms with E-state index in [1.807, 2.05) is 19.9 Å². The molecule has 0 spiro atoms. The fourth-order valence-corrected chi connectivity index (χ4v) is 2.63. The summed E-state index contributed by atoms with van der Waals surface area (Å²) in [4.78, 5) is 12.4. The van der Waals surface area contributed by atoms with Crippen LogP contribution in [0.1, 0.15) is 48.4 Å². The van der Waals surface area contributed by atoms with E-state index in [-0.39, 0.29) is 23.7 Å². The van der Waals surface area contributed by atoms with E-state index in [1.165, 1.54) is 6.42 Å². The van der Waals surface area contributed by atoms with Crippen LogP contribution in [0.4, 0.5) is 0 Å². The number of carbonyl (C=O) groups excluding carboxylic acids is 1. The molecular formula is C15H25ClN4O. The lowest BCUT2D eigenvalue weighted by Gasteiger charge is -2.34. The van der Waals surface area contributed by atoms with Gasteiger partial charge in [-0.05, 0) is 44.2 Å². The number of hydrogen-bond acceptors (Lipinski definition) is 4. The second-order valence-electron chi connectivity index (χ2n) is 5.97. The molecular weight excluding hydrogens is 288 g/mol. The summed E-state index contributed by atoms with van der Waals surface area (Å²) in [6.45, 7) is 8.80. The third-order valence-corrected chi connectivity index (χ3v) is 3.93. The normalized spacial score (nSPS) is 21.5. The Morgan fingerprint density at radius 3 is 2.86 bits per heavy atom. The van der Waals surface area contributed by atoms with E-state index in [1.54, 1.807) is 0 Å². The van der Waals surface area contributed by atoms with Crippen LogP contribution in [0.3, 0.4) is 0 Å². The molecule has 1 aromatic heterocycles. The summed E-state index contributed by atoms with van der Waals surface area (Å²) in [5, 5.41) is 14.6. The van der Waals surface area contributed by atoms with Crippen LogP contribution in [0.25, 0.3) is 0 Å². The van der Waals surface area contributed by atoms with E-state index in [4.69, 9.17) is 0 Å². The predicted molar refractivity (Wildman–Crippen MR) is 85.9 cm³/mol. The van der Waals surface area contributed by atoms with Crippen molar-refractivity contribution in [2.24, 2.45) is 5.41 Å². The number of aryl methyl sites for hydroxylation is 2. The standard InChI is InChI=1S/C15H24N4O.ClH/c1-4-13-12(8-11(2)18-19-13)14(20)17-10-15(3)6-5-7-16-9-15;/h8,16H,4-7,9-10H2,1-3H3,(H,17,20);1H. The van der Waals surface area contributed by atoms with Crippen molar-refractivity contribution in [1.82, 2.24) is 20.8 Å². The van der Waals surface area contributed by atoms with E-state index >= 15 is 0 Å². The van der Waals surface area contributed by atoms with Gasteiger partial charge in [0.1, 0.15) is 0 Å². The number of halogens is 1. The van der Waals surface area contributed by atoms with Crippen molar-refractivity contribution in [1.29, 1.82) is 0 Å². The van der Waals surface area contributed by atoms with Gasteiger partial charge in [-0.3, -0.25) is 4.79 Å². The average molecular weight is 313 g/mol. The second-order valence-corrected chi connectivity index (χ2v) is 5.97. The lowest BCUT2D eigenvalue weighted by molar-refractivity contribution is 0.0923. The second kappa shape index (κ2) is 7.71. The summed E-state index contributed by atoms with van der Waals surface area (Å²) < 4.78 is 0. The van der Waals surface area contributed by atoms with E-state index in [0.29, 0.717) is 12.1 Å². The number of piperidine rings is 1. The number of hydrogen-bond donors (Lipinski definition) is 2. The Hall–Kier alpha value is -1.20. The highest BCUT2D eigenvalue weighted by molar-refractivity contribution is 5.95. The highest BCUT2D eigenvalue weighted by Crippen LogP contribution is 2.24. The highest BCUT2D eigenvalue weighted by Gasteiger charge is 2.27. The van der Waals surface area contributed by atoms with Gasteiger partial charge in [-0.1, -0.05) is 13.8 Å². The minimum absolute atomic E-state index is 0. The summed E-state index contributed by atoms with van der Waals surface area (Å²) in [7, 11) is 0. The van der Waals surface area contributed by atoms with Gasteiger partial charge in [-0.25, -0.2) is 0 Å². The van der Waals surface area contributed by atoms with Crippen LogP contribution in [-0.4, -0.2) is 35.7 Å². The molecule has 1 amide bonds. The number of carbonyl (C=O) groups is 1. The molecule has 1 aliphatic heterocycles. The molecule has 2 N–H and O–H groups in total. The van der Waals surface area contributed by atoms with Crippen LogP contribution >= 0.6 is 12.4 Å². The molecule has 1 saturated heterocycles. The van der Waals surface area contributed by atoms with Crippen molar-refractivity contribution in [2.75, 3.05) is 19.6 Å². The van der Waals surface area contributed by atoms with Gasteiger partial charge in [-0.15, -0.1) is 12.4 Å². The first-order chi connectivity index (χ1) is 9.54. The van der Waals surface area contributed by atoms with E-state index in [9.17, 15) is 4.79 Å². The molecule has 0 radical (unpaired) electrons. The molecule has 21 heavy (non-hydrogen) atoms. The molecule has 0 aromatic carbocycles. The van der Waals surface area contributed by atoms with E-state index in [0.717, 1.165) is 37.3 Å². The molecule has 118 valence electrons. The fourth-order valence-electron chi connectivity index (χ4n) is 2.63. The quantitative estimate of drug-likeness (QED) is 0.891. The van der Waals surface area contributed by atoms with E-state index < -0.39 is 0 Å². The van der Waals surface area contributed by atoms with Crippen LogP contribution in [0.5, 0.6) is 0 Å². The Morgan fingerprint density at radius 1 is 1.48 bits per heavy atom. The van der Waals surface area contributed by atoms with Crippen molar-refractivity contribution in [3.63, 3.8) is 0 Å². The average Bonchev–Trinajstić information content (AvgIpc) is 2.45. The molecule has 1 fully saturated rings. The lowest BCUT2D eigenvalue weighted by Crippen LogP contribution is -2.45. The maximum absolute atomic E-state index is 12.4. The predicted octanol–water partition coefficient (Wildman–Crippen LogP) is 1.89. The van der Waals surface area contributed by atoms with Gasteiger partial charge < -0.3 is 10.6 Å². The fraction of sp³-hybridized carbons (Fsp3) is 0.667. The number of rotatable bonds is 4. The number of nitrogens with zero attached hydrogens (tertiary/aromatic N) is 2. The molecule has 0 saturated carbocycles. The van der Waals surface area contributed by atoms with Gasteiger partial charge in [0.25, 0.3) is 5.91 Å². The summed E-state index contributed by atoms with van der Waals surface area (Å²) in [6.07, 6.45) is 3.03. The molecule has 5 nitrogen and oxygen atoms in total. The topological polar surface area (TPSA) is 66.9 Å². The Morgan fingerprint density at radius 2 is 2.24 bits per heavy atom. The smallest absolute Gasteiger partial charge is 0.253 e. The Labute approximate surface area is 132 Å². The van der Waals surface area contributed by atoms with Crippen LogP contribution in [-0.2, 0) is 6.42 Å². The maximum atomic E-state index is 12.4. The first kappa shape index (κ1) is 17.9. The van der Waals surface area contributed by atoms with Crippen LogP contribution < -0.4 is 10.6 Å². The maximum Gasteiger partial charge on any atom is 0.253 e. The molecule has 0 bridgehead atoms. The summed E-state index contributed by atoms with van der Waals surface area (Å²) in [5.74, 6) is -0.0355. The van der Waals surface area contributed by atoms with Gasteiger partial charge in [0.05, 0.1) is 17.0 Å². The molecule has 0 aliphatic carbocycles. The summed E-state index contributed by atoms with van der Waals surface area (Å²) in [5.41, 5.74) is 2.35. The third-order valence-electron chi connectivity index (χ3n) is 3.93. The molecule has 2 heterocycles. The zero-order valence-corrected chi connectivity index (χ0v) is 13.8. The third kappa shape index (κ3) is 4.64.